The average Bonchev–Trinajstić information content (AvgIpc) is 2.72. The van der Waals surface area contributed by atoms with Gasteiger partial charge in [-0.2, -0.15) is 5.26 Å². The Balaban J connectivity index is 1.90. The number of nitriles is 1. The van der Waals surface area contributed by atoms with E-state index in [0.717, 1.165) is 21.2 Å². The summed E-state index contributed by atoms with van der Waals surface area (Å²) in [4.78, 5) is 0. The molecule has 0 aromatic heterocycles. The number of rotatable bonds is 6. The van der Waals surface area contributed by atoms with Crippen LogP contribution in [0, 0.1) is 11.3 Å². The third-order valence-corrected chi connectivity index (χ3v) is 5.06. The van der Waals surface area contributed by atoms with Gasteiger partial charge in [-0.25, -0.2) is 0 Å². The highest BCUT2D eigenvalue weighted by Crippen LogP contribution is 2.38. The van der Waals surface area contributed by atoms with Gasteiger partial charge in [-0.1, -0.05) is 60.1 Å². The smallest absolute Gasteiger partial charge is 0.175 e. The summed E-state index contributed by atoms with van der Waals surface area (Å²) in [5.74, 6) is 1.15. The Morgan fingerprint density at radius 3 is 2.50 bits per heavy atom. The minimum atomic E-state index is 0.317. The molecule has 140 valence electrons. The minimum Gasteiger partial charge on any atom is -0.493 e. The summed E-state index contributed by atoms with van der Waals surface area (Å²) in [6, 6.07) is 23.1. The summed E-state index contributed by atoms with van der Waals surface area (Å²) >= 11 is 9.75. The molecule has 0 spiro atoms. The van der Waals surface area contributed by atoms with Gasteiger partial charge in [-0.05, 0) is 51.3 Å². The number of methoxy groups -OCH3 is 1. The second kappa shape index (κ2) is 9.45. The van der Waals surface area contributed by atoms with Crippen molar-refractivity contribution in [3.8, 4) is 17.6 Å². The van der Waals surface area contributed by atoms with E-state index in [1.807, 2.05) is 72.8 Å². The zero-order chi connectivity index (χ0) is 19.9. The lowest BCUT2D eigenvalue weighted by Crippen LogP contribution is -1.99. The fourth-order valence-electron chi connectivity index (χ4n) is 2.69. The third-order valence-electron chi connectivity index (χ3n) is 4.10. The molecule has 0 bridgehead atoms. The zero-order valence-electron chi connectivity index (χ0n) is 15.2. The van der Waals surface area contributed by atoms with E-state index in [2.05, 4.69) is 22.0 Å². The molecular weight excluding hydrogens is 438 g/mol. The van der Waals surface area contributed by atoms with Crippen LogP contribution in [0.1, 0.15) is 16.7 Å². The van der Waals surface area contributed by atoms with Gasteiger partial charge in [-0.15, -0.1) is 0 Å². The van der Waals surface area contributed by atoms with Gasteiger partial charge < -0.3 is 9.47 Å². The van der Waals surface area contributed by atoms with Gasteiger partial charge in [0.05, 0.1) is 23.2 Å². The second-order valence-corrected chi connectivity index (χ2v) is 7.21. The van der Waals surface area contributed by atoms with E-state index in [1.54, 1.807) is 7.11 Å². The number of allylic oxidation sites excluding steroid dienone is 1. The van der Waals surface area contributed by atoms with Crippen molar-refractivity contribution in [3.05, 3.63) is 92.9 Å². The van der Waals surface area contributed by atoms with Crippen LogP contribution in [0.2, 0.25) is 5.02 Å². The number of hydrogen-bond acceptors (Lipinski definition) is 3. The Labute approximate surface area is 177 Å². The highest BCUT2D eigenvalue weighted by atomic mass is 79.9. The van der Waals surface area contributed by atoms with Crippen LogP contribution in [0.4, 0.5) is 0 Å². The number of ether oxygens (including phenoxy) is 2. The molecule has 5 heteroatoms. The Morgan fingerprint density at radius 2 is 1.82 bits per heavy atom. The molecule has 0 amide bonds. The van der Waals surface area contributed by atoms with Crippen molar-refractivity contribution >= 4 is 39.2 Å². The van der Waals surface area contributed by atoms with Crippen LogP contribution in [0.15, 0.2) is 71.2 Å². The van der Waals surface area contributed by atoms with E-state index in [1.165, 1.54) is 0 Å². The Kier molecular flexibility index (Phi) is 6.76. The van der Waals surface area contributed by atoms with Crippen molar-refractivity contribution in [3.63, 3.8) is 0 Å². The molecule has 0 radical (unpaired) electrons. The lowest BCUT2D eigenvalue weighted by molar-refractivity contribution is 0.282. The van der Waals surface area contributed by atoms with Gasteiger partial charge in [0.2, 0.25) is 0 Å². The zero-order valence-corrected chi connectivity index (χ0v) is 17.5. The van der Waals surface area contributed by atoms with Crippen molar-refractivity contribution in [2.45, 2.75) is 6.61 Å². The van der Waals surface area contributed by atoms with Gasteiger partial charge in [0, 0.05) is 10.6 Å². The molecule has 3 nitrogen and oxygen atoms in total. The van der Waals surface area contributed by atoms with E-state index in [0.29, 0.717) is 28.7 Å². The molecule has 0 heterocycles. The van der Waals surface area contributed by atoms with Crippen LogP contribution < -0.4 is 9.47 Å². The molecule has 0 atom stereocenters. The summed E-state index contributed by atoms with van der Waals surface area (Å²) in [7, 11) is 1.58. The number of nitrogens with zero attached hydrogens (tertiary/aromatic N) is 1. The van der Waals surface area contributed by atoms with E-state index >= 15 is 0 Å². The molecule has 0 saturated carbocycles. The summed E-state index contributed by atoms with van der Waals surface area (Å²) in [6.07, 6.45) is 1.82. The fourth-order valence-corrected chi connectivity index (χ4v) is 3.46. The van der Waals surface area contributed by atoms with Crippen molar-refractivity contribution in [2.24, 2.45) is 0 Å². The van der Waals surface area contributed by atoms with E-state index in [-0.39, 0.29) is 0 Å². The molecule has 0 aliphatic carbocycles. The number of halogens is 2. The van der Waals surface area contributed by atoms with Crippen LogP contribution >= 0.6 is 27.5 Å². The largest absolute Gasteiger partial charge is 0.493 e. The van der Waals surface area contributed by atoms with Crippen LogP contribution in [-0.2, 0) is 6.61 Å². The molecule has 0 aliphatic rings. The molecule has 0 fully saturated rings. The van der Waals surface area contributed by atoms with Gasteiger partial charge in [0.15, 0.2) is 11.5 Å². The lowest BCUT2D eigenvalue weighted by Gasteiger charge is -2.14. The number of benzene rings is 3. The molecule has 3 aromatic carbocycles. The lowest BCUT2D eigenvalue weighted by atomic mass is 10.0. The second-order valence-electron chi connectivity index (χ2n) is 5.95. The van der Waals surface area contributed by atoms with Crippen LogP contribution in [0.25, 0.3) is 11.6 Å². The summed E-state index contributed by atoms with van der Waals surface area (Å²) in [6.45, 7) is 0.317. The normalized spacial score (nSPS) is 11.0. The Morgan fingerprint density at radius 1 is 1.11 bits per heavy atom. The minimum absolute atomic E-state index is 0.317. The maximum Gasteiger partial charge on any atom is 0.175 e. The van der Waals surface area contributed by atoms with Gasteiger partial charge >= 0.3 is 0 Å². The highest BCUT2D eigenvalue weighted by Gasteiger charge is 2.13. The molecule has 3 rings (SSSR count). The molecule has 3 aromatic rings. The summed E-state index contributed by atoms with van der Waals surface area (Å²) in [5.41, 5.74) is 3.14. The topological polar surface area (TPSA) is 42.2 Å². The maximum atomic E-state index is 9.53. The Bertz CT molecular complexity index is 1040. The summed E-state index contributed by atoms with van der Waals surface area (Å²) in [5, 5.41) is 10.2. The van der Waals surface area contributed by atoms with Gasteiger partial charge in [0.1, 0.15) is 6.61 Å². The fraction of sp³-hybridized carbons (Fsp3) is 0.0870. The van der Waals surface area contributed by atoms with Crippen LogP contribution in [0.5, 0.6) is 11.5 Å². The molecule has 0 saturated heterocycles. The van der Waals surface area contributed by atoms with Crippen molar-refractivity contribution in [1.29, 1.82) is 5.26 Å². The Hall–Kier alpha value is -2.74. The monoisotopic (exact) mass is 453 g/mol. The molecule has 0 aliphatic heterocycles. The van der Waals surface area contributed by atoms with E-state index in [4.69, 9.17) is 21.1 Å². The highest BCUT2D eigenvalue weighted by molar-refractivity contribution is 9.10. The third kappa shape index (κ3) is 4.75. The quantitative estimate of drug-likeness (QED) is 0.305. The van der Waals surface area contributed by atoms with Gasteiger partial charge in [0.25, 0.3) is 0 Å². The van der Waals surface area contributed by atoms with Crippen LogP contribution in [0.3, 0.4) is 0 Å². The first-order valence-electron chi connectivity index (χ1n) is 8.53. The molecular formula is C23H17BrClNO2. The van der Waals surface area contributed by atoms with Crippen LogP contribution in [-0.4, -0.2) is 7.11 Å². The molecule has 0 unspecified atom stereocenters. The van der Waals surface area contributed by atoms with E-state index in [9.17, 15) is 5.26 Å². The molecule has 28 heavy (non-hydrogen) atoms. The average molecular weight is 455 g/mol. The summed E-state index contributed by atoms with van der Waals surface area (Å²) < 4.78 is 12.2. The standard InChI is InChI=1S/C23H17BrClNO2/c1-27-22-13-16(11-19(14-26)17-7-3-2-4-8-17)12-20(24)23(22)28-15-18-9-5-6-10-21(18)25/h2-13H,15H2,1H3. The first-order valence-corrected chi connectivity index (χ1v) is 9.70. The first-order chi connectivity index (χ1) is 13.6. The maximum absolute atomic E-state index is 9.53. The van der Waals surface area contributed by atoms with Crippen molar-refractivity contribution in [1.82, 2.24) is 0 Å². The number of hydrogen-bond donors (Lipinski definition) is 0. The predicted octanol–water partition coefficient (Wildman–Crippen LogP) is 6.75. The van der Waals surface area contributed by atoms with Gasteiger partial charge in [-0.3, -0.25) is 0 Å². The predicted molar refractivity (Wildman–Crippen MR) is 116 cm³/mol. The van der Waals surface area contributed by atoms with Crippen molar-refractivity contribution in [2.75, 3.05) is 7.11 Å². The van der Waals surface area contributed by atoms with E-state index < -0.39 is 0 Å². The van der Waals surface area contributed by atoms with Crippen molar-refractivity contribution < 1.29 is 9.47 Å². The SMILES string of the molecule is COc1cc(C=C(C#N)c2ccccc2)cc(Br)c1OCc1ccccc1Cl. The first kappa shape index (κ1) is 20.0. The molecule has 0 N–H and O–H groups in total.